The van der Waals surface area contributed by atoms with E-state index in [-0.39, 0.29) is 5.91 Å². The number of ether oxygens (including phenoxy) is 1. The zero-order valence-electron chi connectivity index (χ0n) is 12.5. The summed E-state index contributed by atoms with van der Waals surface area (Å²) in [7, 11) is 1.98. The molecular formula is C16H23BrN2O2. The topological polar surface area (TPSA) is 41.6 Å². The van der Waals surface area contributed by atoms with Crippen LogP contribution in [-0.4, -0.2) is 44.1 Å². The third kappa shape index (κ3) is 5.32. The lowest BCUT2D eigenvalue weighted by Gasteiger charge is -2.32. The Labute approximate surface area is 135 Å². The number of hydrogen-bond donors (Lipinski definition) is 1. The number of carbonyl (C=O) groups is 1. The van der Waals surface area contributed by atoms with Crippen LogP contribution in [0.3, 0.4) is 0 Å². The maximum atomic E-state index is 12.1. The van der Waals surface area contributed by atoms with Crippen LogP contribution in [0.15, 0.2) is 28.7 Å². The van der Waals surface area contributed by atoms with Gasteiger partial charge >= 0.3 is 0 Å². The number of rotatable bonds is 6. The second-order valence-electron chi connectivity index (χ2n) is 5.44. The molecule has 1 aromatic carbocycles. The second kappa shape index (κ2) is 8.39. The van der Waals surface area contributed by atoms with E-state index in [0.29, 0.717) is 18.9 Å². The summed E-state index contributed by atoms with van der Waals surface area (Å²) in [6.07, 6.45) is 2.64. The van der Waals surface area contributed by atoms with Gasteiger partial charge in [0.05, 0.1) is 13.0 Å². The van der Waals surface area contributed by atoms with Crippen molar-refractivity contribution in [1.29, 1.82) is 0 Å². The molecule has 1 fully saturated rings. The zero-order valence-corrected chi connectivity index (χ0v) is 14.1. The van der Waals surface area contributed by atoms with E-state index >= 15 is 0 Å². The number of amides is 1. The summed E-state index contributed by atoms with van der Waals surface area (Å²) in [4.78, 5) is 14.1. The zero-order chi connectivity index (χ0) is 15.1. The number of nitrogens with one attached hydrogen (secondary N) is 1. The van der Waals surface area contributed by atoms with Gasteiger partial charge in [-0.25, -0.2) is 0 Å². The van der Waals surface area contributed by atoms with Crippen molar-refractivity contribution in [3.63, 3.8) is 0 Å². The van der Waals surface area contributed by atoms with Gasteiger partial charge in [0, 0.05) is 17.6 Å². The van der Waals surface area contributed by atoms with E-state index in [2.05, 4.69) is 21.2 Å². The van der Waals surface area contributed by atoms with Crippen molar-refractivity contribution in [2.24, 2.45) is 5.92 Å². The minimum atomic E-state index is 0.202. The normalized spacial score (nSPS) is 16.0. The molecule has 1 aliphatic rings. The average Bonchev–Trinajstić information content (AvgIpc) is 2.48. The number of nitrogens with zero attached hydrogens (tertiary/aromatic N) is 1. The molecule has 0 bridgehead atoms. The molecule has 0 atom stereocenters. The Morgan fingerprint density at radius 3 is 2.86 bits per heavy atom. The Hall–Kier alpha value is -1.07. The number of hydrogen-bond acceptors (Lipinski definition) is 3. The second-order valence-corrected chi connectivity index (χ2v) is 6.35. The van der Waals surface area contributed by atoms with Crippen LogP contribution in [0.1, 0.15) is 19.3 Å². The molecule has 1 aliphatic heterocycles. The van der Waals surface area contributed by atoms with Crippen molar-refractivity contribution in [3.8, 4) is 5.75 Å². The molecule has 5 heteroatoms. The summed E-state index contributed by atoms with van der Waals surface area (Å²) >= 11 is 3.40. The van der Waals surface area contributed by atoms with E-state index in [1.165, 1.54) is 0 Å². The summed E-state index contributed by atoms with van der Waals surface area (Å²) in [5.41, 5.74) is 0. The predicted octanol–water partition coefficient (Wildman–Crippen LogP) is 2.68. The molecule has 2 rings (SSSR count). The monoisotopic (exact) mass is 354 g/mol. The standard InChI is InChI=1S/C16H23BrN2O2/c1-18-12-13-5-8-19(9-6-13)16(20)7-10-21-15-4-2-3-14(17)11-15/h2-4,11,13,18H,5-10,12H2,1H3. The lowest BCUT2D eigenvalue weighted by atomic mass is 9.97. The molecule has 1 heterocycles. The largest absolute Gasteiger partial charge is 0.493 e. The summed E-state index contributed by atoms with van der Waals surface area (Å²) in [5.74, 6) is 1.70. The van der Waals surface area contributed by atoms with Gasteiger partial charge in [-0.05, 0) is 50.6 Å². The fourth-order valence-corrected chi connectivity index (χ4v) is 3.02. The van der Waals surface area contributed by atoms with Gasteiger partial charge in [0.2, 0.25) is 5.91 Å². The molecule has 1 amide bonds. The van der Waals surface area contributed by atoms with Crippen molar-refractivity contribution < 1.29 is 9.53 Å². The molecule has 0 radical (unpaired) electrons. The van der Waals surface area contributed by atoms with Gasteiger partial charge in [0.15, 0.2) is 0 Å². The SMILES string of the molecule is CNCC1CCN(C(=O)CCOc2cccc(Br)c2)CC1. The third-order valence-corrected chi connectivity index (χ3v) is 4.33. The molecule has 0 unspecified atom stereocenters. The molecular weight excluding hydrogens is 332 g/mol. The summed E-state index contributed by atoms with van der Waals surface area (Å²) in [5, 5.41) is 3.21. The maximum Gasteiger partial charge on any atom is 0.225 e. The first kappa shape index (κ1) is 16.3. The molecule has 4 nitrogen and oxygen atoms in total. The van der Waals surface area contributed by atoms with E-state index in [9.17, 15) is 4.79 Å². The van der Waals surface area contributed by atoms with Crippen molar-refractivity contribution in [3.05, 3.63) is 28.7 Å². The molecule has 1 aromatic rings. The summed E-state index contributed by atoms with van der Waals surface area (Å²) in [6.45, 7) is 3.24. The Morgan fingerprint density at radius 2 is 2.19 bits per heavy atom. The Morgan fingerprint density at radius 1 is 1.43 bits per heavy atom. The highest BCUT2D eigenvalue weighted by atomic mass is 79.9. The highest BCUT2D eigenvalue weighted by molar-refractivity contribution is 9.10. The lowest BCUT2D eigenvalue weighted by Crippen LogP contribution is -2.40. The Bertz CT molecular complexity index is 459. The molecule has 1 saturated heterocycles. The summed E-state index contributed by atoms with van der Waals surface area (Å²) < 4.78 is 6.60. The van der Waals surface area contributed by atoms with E-state index in [1.807, 2.05) is 36.2 Å². The van der Waals surface area contributed by atoms with Crippen molar-refractivity contribution in [1.82, 2.24) is 10.2 Å². The first-order valence-corrected chi connectivity index (χ1v) is 8.29. The van der Waals surface area contributed by atoms with Crippen LogP contribution in [0, 0.1) is 5.92 Å². The van der Waals surface area contributed by atoms with Gasteiger partial charge in [-0.15, -0.1) is 0 Å². The smallest absolute Gasteiger partial charge is 0.225 e. The fraction of sp³-hybridized carbons (Fsp3) is 0.562. The molecule has 116 valence electrons. The van der Waals surface area contributed by atoms with Gasteiger partial charge in [-0.1, -0.05) is 22.0 Å². The van der Waals surface area contributed by atoms with Gasteiger partial charge in [-0.3, -0.25) is 4.79 Å². The van der Waals surface area contributed by atoms with Crippen LogP contribution >= 0.6 is 15.9 Å². The van der Waals surface area contributed by atoms with Crippen LogP contribution in [0.2, 0.25) is 0 Å². The third-order valence-electron chi connectivity index (χ3n) is 3.84. The van der Waals surface area contributed by atoms with Crippen LogP contribution < -0.4 is 10.1 Å². The van der Waals surface area contributed by atoms with Gasteiger partial charge in [0.1, 0.15) is 5.75 Å². The number of likely N-dealkylation sites (tertiary alicyclic amines) is 1. The van der Waals surface area contributed by atoms with Gasteiger partial charge < -0.3 is 15.0 Å². The summed E-state index contributed by atoms with van der Waals surface area (Å²) in [6, 6.07) is 7.69. The molecule has 0 spiro atoms. The predicted molar refractivity (Wildman–Crippen MR) is 87.5 cm³/mol. The number of carbonyl (C=O) groups excluding carboxylic acids is 1. The molecule has 0 saturated carbocycles. The van der Waals surface area contributed by atoms with Crippen molar-refractivity contribution in [2.45, 2.75) is 19.3 Å². The van der Waals surface area contributed by atoms with Crippen LogP contribution in [0.4, 0.5) is 0 Å². The Kier molecular flexibility index (Phi) is 6.51. The number of halogens is 1. The molecule has 21 heavy (non-hydrogen) atoms. The van der Waals surface area contributed by atoms with E-state index in [1.54, 1.807) is 0 Å². The quantitative estimate of drug-likeness (QED) is 0.853. The van der Waals surface area contributed by atoms with E-state index < -0.39 is 0 Å². The van der Waals surface area contributed by atoms with Gasteiger partial charge in [0.25, 0.3) is 0 Å². The van der Waals surface area contributed by atoms with E-state index in [0.717, 1.165) is 42.7 Å². The number of benzene rings is 1. The minimum absolute atomic E-state index is 0.202. The first-order valence-electron chi connectivity index (χ1n) is 7.50. The maximum absolute atomic E-state index is 12.1. The fourth-order valence-electron chi connectivity index (χ4n) is 2.65. The van der Waals surface area contributed by atoms with E-state index in [4.69, 9.17) is 4.74 Å². The highest BCUT2D eigenvalue weighted by Crippen LogP contribution is 2.19. The van der Waals surface area contributed by atoms with Crippen LogP contribution in [0.25, 0.3) is 0 Å². The van der Waals surface area contributed by atoms with Crippen LogP contribution in [-0.2, 0) is 4.79 Å². The lowest BCUT2D eigenvalue weighted by molar-refractivity contribution is -0.133. The van der Waals surface area contributed by atoms with Gasteiger partial charge in [-0.2, -0.15) is 0 Å². The first-order chi connectivity index (χ1) is 10.2. The van der Waals surface area contributed by atoms with Crippen molar-refractivity contribution in [2.75, 3.05) is 33.3 Å². The molecule has 0 aliphatic carbocycles. The molecule has 0 aromatic heterocycles. The number of piperidine rings is 1. The molecule has 1 N–H and O–H groups in total. The average molecular weight is 355 g/mol. The van der Waals surface area contributed by atoms with Crippen molar-refractivity contribution >= 4 is 21.8 Å². The Balaban J connectivity index is 1.68. The van der Waals surface area contributed by atoms with Crippen LogP contribution in [0.5, 0.6) is 5.75 Å². The minimum Gasteiger partial charge on any atom is -0.493 e. The highest BCUT2D eigenvalue weighted by Gasteiger charge is 2.21.